The van der Waals surface area contributed by atoms with Crippen molar-refractivity contribution in [3.8, 4) is 5.75 Å². The molecule has 2 N–H and O–H groups in total. The SMILES string of the molecule is O=C(COc1ccc(Cl)c(F)c1)NC12CC(C1)[C@@H](NCC1CCOC1)C2. The smallest absolute Gasteiger partial charge is 0.258 e. The van der Waals surface area contributed by atoms with Crippen LogP contribution in [0.4, 0.5) is 4.39 Å². The molecule has 5 rings (SSSR count). The number of rotatable bonds is 7. The Bertz CT molecular complexity index is 675. The molecule has 5 nitrogen and oxygen atoms in total. The number of carbonyl (C=O) groups is 1. The van der Waals surface area contributed by atoms with Crippen LogP contribution in [0, 0.1) is 17.7 Å². The number of benzene rings is 1. The van der Waals surface area contributed by atoms with Crippen LogP contribution in [0.25, 0.3) is 0 Å². The third-order valence-corrected chi connectivity index (χ3v) is 6.15. The maximum absolute atomic E-state index is 13.4. The number of hydrogen-bond donors (Lipinski definition) is 2. The fraction of sp³-hybridized carbons (Fsp3) is 0.632. The minimum absolute atomic E-state index is 0.0369. The maximum Gasteiger partial charge on any atom is 0.258 e. The van der Waals surface area contributed by atoms with Crippen molar-refractivity contribution in [3.63, 3.8) is 0 Å². The van der Waals surface area contributed by atoms with Crippen molar-refractivity contribution in [2.45, 2.75) is 37.3 Å². The molecule has 0 aromatic heterocycles. The van der Waals surface area contributed by atoms with Crippen molar-refractivity contribution in [3.05, 3.63) is 29.0 Å². The van der Waals surface area contributed by atoms with E-state index >= 15 is 0 Å². The molecule has 0 radical (unpaired) electrons. The van der Waals surface area contributed by atoms with Gasteiger partial charge in [0.15, 0.2) is 6.61 Å². The van der Waals surface area contributed by atoms with Crippen LogP contribution in [0.3, 0.4) is 0 Å². The molecule has 2 bridgehead atoms. The second-order valence-corrected chi connectivity index (χ2v) is 8.22. The second-order valence-electron chi connectivity index (χ2n) is 7.81. The number of halogens is 2. The lowest BCUT2D eigenvalue weighted by atomic mass is 9.76. The van der Waals surface area contributed by atoms with Crippen LogP contribution in [0.1, 0.15) is 25.7 Å². The number of nitrogens with one attached hydrogen (secondary N) is 2. The van der Waals surface area contributed by atoms with Crippen molar-refractivity contribution < 1.29 is 18.7 Å². The van der Waals surface area contributed by atoms with Gasteiger partial charge in [0.05, 0.1) is 11.6 Å². The third kappa shape index (κ3) is 3.82. The van der Waals surface area contributed by atoms with E-state index in [4.69, 9.17) is 21.1 Å². The normalized spacial score (nSPS) is 32.3. The van der Waals surface area contributed by atoms with E-state index in [9.17, 15) is 9.18 Å². The van der Waals surface area contributed by atoms with E-state index in [2.05, 4.69) is 10.6 Å². The Morgan fingerprint density at radius 3 is 2.96 bits per heavy atom. The Balaban J connectivity index is 1.22. The molecule has 1 unspecified atom stereocenters. The molecule has 4 fully saturated rings. The van der Waals surface area contributed by atoms with Gasteiger partial charge in [-0.05, 0) is 49.7 Å². The predicted molar refractivity (Wildman–Crippen MR) is 95.8 cm³/mol. The molecule has 3 saturated carbocycles. The van der Waals surface area contributed by atoms with E-state index in [1.54, 1.807) is 6.07 Å². The molecular weight excluding hydrogens is 359 g/mol. The van der Waals surface area contributed by atoms with Crippen molar-refractivity contribution >= 4 is 17.5 Å². The average molecular weight is 383 g/mol. The van der Waals surface area contributed by atoms with E-state index in [1.165, 1.54) is 12.1 Å². The lowest BCUT2D eigenvalue weighted by Gasteiger charge is -2.39. The highest BCUT2D eigenvalue weighted by Crippen LogP contribution is 2.52. The molecule has 1 amide bonds. The van der Waals surface area contributed by atoms with Gasteiger partial charge in [0, 0.05) is 30.8 Å². The van der Waals surface area contributed by atoms with Crippen LogP contribution in [0.2, 0.25) is 5.02 Å². The summed E-state index contributed by atoms with van der Waals surface area (Å²) in [7, 11) is 0. The molecule has 1 aliphatic heterocycles. The summed E-state index contributed by atoms with van der Waals surface area (Å²) in [6.07, 6.45) is 4.14. The molecule has 26 heavy (non-hydrogen) atoms. The molecule has 7 heteroatoms. The Morgan fingerprint density at radius 2 is 2.23 bits per heavy atom. The summed E-state index contributed by atoms with van der Waals surface area (Å²) < 4.78 is 24.2. The van der Waals surface area contributed by atoms with Crippen LogP contribution >= 0.6 is 11.6 Å². The van der Waals surface area contributed by atoms with Gasteiger partial charge < -0.3 is 20.1 Å². The maximum atomic E-state index is 13.4. The molecule has 2 atom stereocenters. The molecule has 1 heterocycles. The zero-order valence-electron chi connectivity index (χ0n) is 14.6. The number of ether oxygens (including phenoxy) is 2. The monoisotopic (exact) mass is 382 g/mol. The Labute approximate surface area is 157 Å². The van der Waals surface area contributed by atoms with Crippen molar-refractivity contribution in [2.24, 2.45) is 11.8 Å². The lowest BCUT2D eigenvalue weighted by molar-refractivity contribution is -0.125. The highest BCUT2D eigenvalue weighted by Gasteiger charge is 2.56. The summed E-state index contributed by atoms with van der Waals surface area (Å²) in [5.74, 6) is 0.845. The first kappa shape index (κ1) is 18.0. The number of hydrogen-bond acceptors (Lipinski definition) is 4. The molecule has 4 aliphatic rings. The summed E-state index contributed by atoms with van der Waals surface area (Å²) in [6.45, 7) is 2.61. The number of fused-ring (bicyclic) bond motifs is 1. The molecule has 1 aromatic rings. The van der Waals surface area contributed by atoms with Crippen LogP contribution < -0.4 is 15.4 Å². The van der Waals surface area contributed by atoms with E-state index < -0.39 is 5.82 Å². The van der Waals surface area contributed by atoms with Gasteiger partial charge in [0.1, 0.15) is 11.6 Å². The van der Waals surface area contributed by atoms with Crippen molar-refractivity contribution in [1.82, 2.24) is 10.6 Å². The Hall–Kier alpha value is -1.37. The van der Waals surface area contributed by atoms with Gasteiger partial charge in [-0.1, -0.05) is 11.6 Å². The van der Waals surface area contributed by atoms with E-state index in [1.807, 2.05) is 0 Å². The van der Waals surface area contributed by atoms with Crippen LogP contribution in [-0.2, 0) is 9.53 Å². The molecule has 1 aromatic carbocycles. The first-order valence-electron chi connectivity index (χ1n) is 9.23. The predicted octanol–water partition coefficient (Wildman–Crippen LogP) is 2.52. The average Bonchev–Trinajstić information content (AvgIpc) is 3.28. The second kappa shape index (κ2) is 7.33. The minimum atomic E-state index is -0.553. The standard InChI is InChI=1S/C19H24ClFN2O3/c20-15-2-1-14(5-16(15)21)26-11-18(24)23-19-6-13(7-19)17(8-19)22-9-12-3-4-25-10-12/h1-2,5,12-13,17,22H,3-4,6-11H2,(H,23,24)/t12?,13?,17-,19?/m0/s1. The molecule has 3 aliphatic carbocycles. The van der Waals surface area contributed by atoms with Crippen LogP contribution in [0.5, 0.6) is 5.75 Å². The van der Waals surface area contributed by atoms with Crippen LogP contribution in [-0.4, -0.2) is 43.9 Å². The zero-order valence-corrected chi connectivity index (χ0v) is 15.4. The van der Waals surface area contributed by atoms with Gasteiger partial charge in [0.2, 0.25) is 0 Å². The lowest BCUT2D eigenvalue weighted by Crippen LogP contribution is -2.53. The molecule has 142 valence electrons. The summed E-state index contributed by atoms with van der Waals surface area (Å²) in [5, 5.41) is 6.83. The van der Waals surface area contributed by atoms with Crippen molar-refractivity contribution in [2.75, 3.05) is 26.4 Å². The van der Waals surface area contributed by atoms with Crippen LogP contribution in [0.15, 0.2) is 18.2 Å². The highest BCUT2D eigenvalue weighted by atomic mass is 35.5. The zero-order chi connectivity index (χ0) is 18.1. The van der Waals surface area contributed by atoms with Gasteiger partial charge in [0.25, 0.3) is 5.91 Å². The van der Waals surface area contributed by atoms with Gasteiger partial charge in [-0.25, -0.2) is 4.39 Å². The quantitative estimate of drug-likeness (QED) is 0.760. The molecule has 1 saturated heterocycles. The first-order chi connectivity index (χ1) is 12.5. The largest absolute Gasteiger partial charge is 0.484 e. The Morgan fingerprint density at radius 1 is 1.38 bits per heavy atom. The van der Waals surface area contributed by atoms with E-state index in [-0.39, 0.29) is 23.1 Å². The van der Waals surface area contributed by atoms with Gasteiger partial charge in [-0.3, -0.25) is 4.79 Å². The van der Waals surface area contributed by atoms with Gasteiger partial charge >= 0.3 is 0 Å². The van der Waals surface area contributed by atoms with Gasteiger partial charge in [-0.15, -0.1) is 0 Å². The number of amides is 1. The Kier molecular flexibility index (Phi) is 5.08. The summed E-state index contributed by atoms with van der Waals surface area (Å²) >= 11 is 5.64. The molecular formula is C19H24ClFN2O3. The minimum Gasteiger partial charge on any atom is -0.484 e. The summed E-state index contributed by atoms with van der Waals surface area (Å²) in [4.78, 5) is 12.2. The van der Waals surface area contributed by atoms with Gasteiger partial charge in [-0.2, -0.15) is 0 Å². The highest BCUT2D eigenvalue weighted by molar-refractivity contribution is 6.30. The summed E-state index contributed by atoms with van der Waals surface area (Å²) in [6, 6.07) is 4.64. The third-order valence-electron chi connectivity index (χ3n) is 5.84. The summed E-state index contributed by atoms with van der Waals surface area (Å²) in [5.41, 5.74) is -0.0970. The first-order valence-corrected chi connectivity index (χ1v) is 9.61. The number of carbonyl (C=O) groups excluding carboxylic acids is 1. The van der Waals surface area contributed by atoms with E-state index in [0.29, 0.717) is 23.6 Å². The topological polar surface area (TPSA) is 59.6 Å². The van der Waals surface area contributed by atoms with E-state index in [0.717, 1.165) is 45.4 Å². The fourth-order valence-electron chi connectivity index (χ4n) is 4.48. The van der Waals surface area contributed by atoms with Crippen molar-refractivity contribution in [1.29, 1.82) is 0 Å². The molecule has 0 spiro atoms. The fourth-order valence-corrected chi connectivity index (χ4v) is 4.60.